The molecular formula is C18H25Cl2N3O2S. The number of carbonyl (C=O) groups is 1. The second-order valence-corrected chi connectivity index (χ2v) is 7.09. The largest absolute Gasteiger partial charge is 0.467 e. The summed E-state index contributed by atoms with van der Waals surface area (Å²) in [6, 6.07) is 9.72. The predicted octanol–water partition coefficient (Wildman–Crippen LogP) is 3.43. The average Bonchev–Trinajstić information content (AvgIpc) is 3.11. The zero-order valence-electron chi connectivity index (χ0n) is 14.5. The quantitative estimate of drug-likeness (QED) is 0.752. The lowest BCUT2D eigenvalue weighted by atomic mass is 10.1. The number of nitrogens with zero attached hydrogens (tertiary/aromatic N) is 1. The maximum atomic E-state index is 12.1. The van der Waals surface area contributed by atoms with Crippen molar-refractivity contribution in [2.75, 3.05) is 36.5 Å². The minimum Gasteiger partial charge on any atom is -0.467 e. The third-order valence-electron chi connectivity index (χ3n) is 4.15. The van der Waals surface area contributed by atoms with Gasteiger partial charge in [0, 0.05) is 36.8 Å². The standard InChI is InChI=1S/C18H23N3O2S.2ClH/c19-12-17-11-15(13-23-17)18(22)20-16-3-1-14(2-4-16)5-6-21-7-9-24-10-8-21;;/h1-4,11,13H,5-10,12,19H2,(H,20,22);2*1H. The van der Waals surface area contributed by atoms with Gasteiger partial charge in [-0.15, -0.1) is 24.8 Å². The molecule has 1 aromatic carbocycles. The first-order chi connectivity index (χ1) is 11.7. The van der Waals surface area contributed by atoms with Crippen molar-refractivity contribution in [2.24, 2.45) is 5.73 Å². The predicted molar refractivity (Wildman–Crippen MR) is 113 cm³/mol. The topological polar surface area (TPSA) is 71.5 Å². The summed E-state index contributed by atoms with van der Waals surface area (Å²) in [5.74, 6) is 2.90. The molecule has 3 rings (SSSR count). The van der Waals surface area contributed by atoms with Crippen LogP contribution in [0.1, 0.15) is 21.7 Å². The van der Waals surface area contributed by atoms with Crippen LogP contribution >= 0.6 is 36.6 Å². The fourth-order valence-corrected chi connectivity index (χ4v) is 3.66. The lowest BCUT2D eigenvalue weighted by molar-refractivity contribution is 0.102. The summed E-state index contributed by atoms with van der Waals surface area (Å²) in [5, 5.41) is 2.88. The first-order valence-electron chi connectivity index (χ1n) is 8.22. The van der Waals surface area contributed by atoms with Crippen LogP contribution in [0.25, 0.3) is 0 Å². The zero-order chi connectivity index (χ0) is 16.8. The number of benzene rings is 1. The van der Waals surface area contributed by atoms with Crippen LogP contribution in [0.15, 0.2) is 41.0 Å². The number of halogens is 2. The summed E-state index contributed by atoms with van der Waals surface area (Å²) in [6.45, 7) is 3.77. The lowest BCUT2D eigenvalue weighted by Gasteiger charge is -2.26. The van der Waals surface area contributed by atoms with Crippen LogP contribution in [0.5, 0.6) is 0 Å². The highest BCUT2D eigenvalue weighted by atomic mass is 35.5. The van der Waals surface area contributed by atoms with Gasteiger partial charge in [0.1, 0.15) is 12.0 Å². The Morgan fingerprint density at radius 3 is 2.50 bits per heavy atom. The summed E-state index contributed by atoms with van der Waals surface area (Å²) in [4.78, 5) is 14.7. The summed E-state index contributed by atoms with van der Waals surface area (Å²) < 4.78 is 5.19. The Labute approximate surface area is 170 Å². The fraction of sp³-hybridized carbons (Fsp3) is 0.389. The maximum Gasteiger partial charge on any atom is 0.258 e. The molecule has 1 fully saturated rings. The molecule has 0 spiro atoms. The average molecular weight is 418 g/mol. The smallest absolute Gasteiger partial charge is 0.258 e. The number of furan rings is 1. The first-order valence-corrected chi connectivity index (χ1v) is 9.38. The van der Waals surface area contributed by atoms with Crippen LogP contribution in [0.3, 0.4) is 0 Å². The lowest BCUT2D eigenvalue weighted by Crippen LogP contribution is -2.34. The number of hydrogen-bond donors (Lipinski definition) is 2. The number of thioether (sulfide) groups is 1. The van der Waals surface area contributed by atoms with Crippen molar-refractivity contribution in [3.63, 3.8) is 0 Å². The molecule has 26 heavy (non-hydrogen) atoms. The molecule has 0 atom stereocenters. The molecular weight excluding hydrogens is 393 g/mol. The van der Waals surface area contributed by atoms with E-state index in [1.54, 1.807) is 6.07 Å². The third-order valence-corrected chi connectivity index (χ3v) is 5.09. The Hall–Kier alpha value is -1.18. The summed E-state index contributed by atoms with van der Waals surface area (Å²) in [7, 11) is 0. The van der Waals surface area contributed by atoms with Crippen molar-refractivity contribution in [2.45, 2.75) is 13.0 Å². The number of hydrogen-bond acceptors (Lipinski definition) is 5. The van der Waals surface area contributed by atoms with Gasteiger partial charge >= 0.3 is 0 Å². The minimum absolute atomic E-state index is 0. The van der Waals surface area contributed by atoms with Crippen LogP contribution < -0.4 is 11.1 Å². The van der Waals surface area contributed by atoms with Crippen molar-refractivity contribution in [3.8, 4) is 0 Å². The van der Waals surface area contributed by atoms with Crippen molar-refractivity contribution in [1.29, 1.82) is 0 Å². The van der Waals surface area contributed by atoms with Crippen LogP contribution in [0, 0.1) is 0 Å². The number of anilines is 1. The molecule has 1 aromatic heterocycles. The van der Waals surface area contributed by atoms with E-state index in [4.69, 9.17) is 10.2 Å². The molecule has 1 aliphatic rings. The van der Waals surface area contributed by atoms with E-state index in [2.05, 4.69) is 22.3 Å². The molecule has 5 nitrogen and oxygen atoms in total. The highest BCUT2D eigenvalue weighted by molar-refractivity contribution is 7.99. The van der Waals surface area contributed by atoms with Gasteiger partial charge in [0.05, 0.1) is 12.1 Å². The normalized spacial score (nSPS) is 14.2. The number of rotatable bonds is 6. The number of nitrogens with two attached hydrogens (primary N) is 1. The SMILES string of the molecule is Cl.Cl.NCc1cc(C(=O)Nc2ccc(CCN3CCSCC3)cc2)co1. The van der Waals surface area contributed by atoms with Gasteiger partial charge in [-0.3, -0.25) is 4.79 Å². The first kappa shape index (κ1) is 22.9. The number of nitrogens with one attached hydrogen (secondary N) is 1. The van der Waals surface area contributed by atoms with Crippen molar-refractivity contribution in [3.05, 3.63) is 53.5 Å². The minimum atomic E-state index is -0.183. The van der Waals surface area contributed by atoms with Gasteiger partial charge in [-0.2, -0.15) is 11.8 Å². The molecule has 2 aromatic rings. The van der Waals surface area contributed by atoms with Gasteiger partial charge in [0.25, 0.3) is 5.91 Å². The van der Waals surface area contributed by atoms with Gasteiger partial charge in [0.2, 0.25) is 0 Å². The van der Waals surface area contributed by atoms with E-state index < -0.39 is 0 Å². The number of carbonyl (C=O) groups excluding carboxylic acids is 1. The molecule has 1 saturated heterocycles. The molecule has 0 radical (unpaired) electrons. The van der Waals surface area contributed by atoms with E-state index >= 15 is 0 Å². The monoisotopic (exact) mass is 417 g/mol. The van der Waals surface area contributed by atoms with E-state index in [-0.39, 0.29) is 37.3 Å². The highest BCUT2D eigenvalue weighted by Crippen LogP contribution is 2.15. The Balaban J connectivity index is 0.00000169. The molecule has 0 saturated carbocycles. The van der Waals surface area contributed by atoms with Crippen LogP contribution in [-0.4, -0.2) is 41.9 Å². The molecule has 8 heteroatoms. The van der Waals surface area contributed by atoms with E-state index in [1.165, 1.54) is 36.4 Å². The summed E-state index contributed by atoms with van der Waals surface area (Å²) >= 11 is 2.03. The Morgan fingerprint density at radius 1 is 1.19 bits per heavy atom. The molecule has 1 aliphatic heterocycles. The number of amides is 1. The zero-order valence-corrected chi connectivity index (χ0v) is 16.9. The summed E-state index contributed by atoms with van der Waals surface area (Å²) in [6.07, 6.45) is 2.48. The molecule has 3 N–H and O–H groups in total. The van der Waals surface area contributed by atoms with E-state index in [1.807, 2.05) is 23.9 Å². The van der Waals surface area contributed by atoms with Crippen molar-refractivity contribution in [1.82, 2.24) is 4.90 Å². The molecule has 1 amide bonds. The van der Waals surface area contributed by atoms with Crippen molar-refractivity contribution >= 4 is 48.2 Å². The van der Waals surface area contributed by atoms with Gasteiger partial charge < -0.3 is 20.4 Å². The van der Waals surface area contributed by atoms with Crippen LogP contribution in [0.4, 0.5) is 5.69 Å². The second-order valence-electron chi connectivity index (χ2n) is 5.86. The second kappa shape index (κ2) is 11.5. The van der Waals surface area contributed by atoms with Crippen LogP contribution in [0.2, 0.25) is 0 Å². The maximum absolute atomic E-state index is 12.1. The van der Waals surface area contributed by atoms with E-state index in [9.17, 15) is 4.79 Å². The Morgan fingerprint density at radius 2 is 1.88 bits per heavy atom. The van der Waals surface area contributed by atoms with Gasteiger partial charge in [-0.25, -0.2) is 0 Å². The molecule has 2 heterocycles. The Kier molecular flexibility index (Phi) is 10.1. The van der Waals surface area contributed by atoms with Gasteiger partial charge in [-0.1, -0.05) is 12.1 Å². The van der Waals surface area contributed by atoms with Gasteiger partial charge in [-0.05, 0) is 30.2 Å². The van der Waals surface area contributed by atoms with Gasteiger partial charge in [0.15, 0.2) is 0 Å². The molecule has 0 unspecified atom stereocenters. The fourth-order valence-electron chi connectivity index (χ4n) is 2.68. The summed E-state index contributed by atoms with van der Waals surface area (Å²) in [5.41, 5.74) is 8.05. The third kappa shape index (κ3) is 6.52. The van der Waals surface area contributed by atoms with Crippen molar-refractivity contribution < 1.29 is 9.21 Å². The van der Waals surface area contributed by atoms with Crippen LogP contribution in [-0.2, 0) is 13.0 Å². The molecule has 0 bridgehead atoms. The Bertz CT molecular complexity index is 673. The highest BCUT2D eigenvalue weighted by Gasteiger charge is 2.11. The van der Waals surface area contributed by atoms with E-state index in [0.29, 0.717) is 11.3 Å². The molecule has 0 aliphatic carbocycles. The molecule has 144 valence electrons. The van der Waals surface area contributed by atoms with E-state index in [0.717, 1.165) is 18.7 Å².